The molecule has 0 atom stereocenters. The van der Waals surface area contributed by atoms with Crippen LogP contribution in [0.1, 0.15) is 0 Å². The molecule has 0 saturated heterocycles. The van der Waals surface area contributed by atoms with E-state index in [4.69, 9.17) is 0 Å². The Bertz CT molecular complexity index is 205. The first-order valence-electron chi connectivity index (χ1n) is 4.19. The van der Waals surface area contributed by atoms with Crippen LogP contribution in [0.2, 0.25) is 0 Å². The van der Waals surface area contributed by atoms with E-state index in [1.54, 1.807) is 7.05 Å². The maximum atomic E-state index is 10.5. The zero-order valence-electron chi connectivity index (χ0n) is 11.1. The maximum Gasteiger partial charge on any atom is 1.00 e. The first-order chi connectivity index (χ1) is 7.44. The quantitative estimate of drug-likeness (QED) is 0.161. The van der Waals surface area contributed by atoms with Crippen molar-refractivity contribution in [1.29, 1.82) is 0 Å². The van der Waals surface area contributed by atoms with E-state index in [0.29, 0.717) is 4.43 Å². The third-order valence-corrected chi connectivity index (χ3v) is 2.39. The largest absolute Gasteiger partial charge is 1.00 e. The van der Waals surface area contributed by atoms with E-state index in [1.807, 2.05) is 22.6 Å². The Morgan fingerprint density at radius 3 is 1.56 bits per heavy atom. The molecular formula is C8H17ClI2N2NaO4+. The molecule has 2 amide bonds. The minimum Gasteiger partial charge on any atom is -1.00 e. The minimum absolute atomic E-state index is 0. The summed E-state index contributed by atoms with van der Waals surface area (Å²) in [7, 11) is 5.99. The van der Waals surface area contributed by atoms with Gasteiger partial charge in [-0.2, -0.15) is 0 Å². The molecule has 0 spiro atoms. The molecule has 0 heterocycles. The van der Waals surface area contributed by atoms with Crippen molar-refractivity contribution in [2.24, 2.45) is 0 Å². The monoisotopic (exact) mass is 517 g/mol. The predicted octanol–water partition coefficient (Wildman–Crippen LogP) is -6.26. The number of halogens is 3. The molecule has 18 heavy (non-hydrogen) atoms. The molecule has 0 bridgehead atoms. The van der Waals surface area contributed by atoms with Crippen LogP contribution in [0.25, 0.3) is 0 Å². The molecule has 0 aliphatic heterocycles. The molecule has 10 heteroatoms. The van der Waals surface area contributed by atoms with Gasteiger partial charge in [0.25, 0.3) is 5.91 Å². The summed E-state index contributed by atoms with van der Waals surface area (Å²) in [6, 6.07) is 0. The zero-order chi connectivity index (χ0) is 13.1. The van der Waals surface area contributed by atoms with Gasteiger partial charge in [-0.05, 0) is 0 Å². The zero-order valence-corrected chi connectivity index (χ0v) is 18.2. The molecule has 0 N–H and O–H groups in total. The maximum absolute atomic E-state index is 10.5. The van der Waals surface area contributed by atoms with E-state index in [0.717, 1.165) is 5.06 Å². The van der Waals surface area contributed by atoms with E-state index in [2.05, 4.69) is 21.3 Å². The van der Waals surface area contributed by atoms with Crippen LogP contribution in [-0.4, -0.2) is 60.6 Å². The van der Waals surface area contributed by atoms with Crippen molar-refractivity contribution in [3.05, 3.63) is 0 Å². The van der Waals surface area contributed by atoms with Crippen molar-refractivity contribution < 1.29 is 84.4 Å². The molecule has 0 aliphatic carbocycles. The van der Waals surface area contributed by atoms with Gasteiger partial charge in [-0.3, -0.25) is 19.3 Å². The number of amides is 2. The van der Waals surface area contributed by atoms with Crippen LogP contribution in [0, 0.1) is 11.6 Å². The average Bonchev–Trinajstić information content (AvgIpc) is 2.35. The third-order valence-electron chi connectivity index (χ3n) is 1.49. The molecule has 0 radical (unpaired) electrons. The van der Waals surface area contributed by atoms with E-state index in [1.165, 1.54) is 26.3 Å². The van der Waals surface area contributed by atoms with Crippen molar-refractivity contribution in [2.75, 3.05) is 38.6 Å². The Labute approximate surface area is 165 Å². The van der Waals surface area contributed by atoms with Gasteiger partial charge < -0.3 is 24.0 Å². The Kier molecular flexibility index (Phi) is 28.8. The van der Waals surface area contributed by atoms with E-state index in [9.17, 15) is 9.59 Å². The van der Waals surface area contributed by atoms with Crippen molar-refractivity contribution in [3.8, 4) is 0 Å². The fraction of sp³-hybridized carbons (Fsp3) is 0.750. The predicted molar refractivity (Wildman–Crippen MR) is 64.7 cm³/mol. The van der Waals surface area contributed by atoms with Crippen molar-refractivity contribution in [2.45, 2.75) is 0 Å². The van der Waals surface area contributed by atoms with Gasteiger partial charge in [0, 0.05) is 14.1 Å². The number of rotatable bonds is 4. The smallest absolute Gasteiger partial charge is 1.00 e. The Morgan fingerprint density at radius 2 is 1.44 bits per heavy atom. The number of carbonyl (C=O) groups excluding carboxylic acids is 2. The second-order valence-electron chi connectivity index (χ2n) is 2.43. The van der Waals surface area contributed by atoms with Crippen LogP contribution < -0.4 is 53.5 Å². The SMILES string of the molecule is CON(C)C(=O)CI.CON(C)C(=O)C[ClH+].[I-].[Na+]. The van der Waals surface area contributed by atoms with E-state index in [-0.39, 0.29) is 71.2 Å². The Hall–Kier alpha value is 1.61. The Balaban J connectivity index is -0.0000000980. The van der Waals surface area contributed by atoms with Crippen molar-refractivity contribution in [3.63, 3.8) is 0 Å². The molecule has 0 rings (SSSR count). The van der Waals surface area contributed by atoms with Crippen molar-refractivity contribution in [1.82, 2.24) is 10.1 Å². The summed E-state index contributed by atoms with van der Waals surface area (Å²) >= 11 is 6.43. The average molecular weight is 517 g/mol. The minimum atomic E-state index is -0.192. The standard InChI is InChI=1S/C4H9ClNO2.C4H8INO2.HI.Na/c2*1-6(8-2)4(7)3-5;;/h5H,3H2,1-2H3;3H2,1-2H3;1H;/q+1;;;+1/p-1. The number of hydroxylamine groups is 4. The molecule has 0 saturated carbocycles. The summed E-state index contributed by atoms with van der Waals surface area (Å²) in [6.45, 7) is 0. The van der Waals surface area contributed by atoms with Crippen LogP contribution in [0.5, 0.6) is 0 Å². The van der Waals surface area contributed by atoms with Gasteiger partial charge in [0.15, 0.2) is 0 Å². The molecule has 0 fully saturated rings. The molecule has 0 aromatic rings. The first-order valence-corrected chi connectivity index (χ1v) is 6.30. The Morgan fingerprint density at radius 1 is 1.11 bits per heavy atom. The number of hydrogen-bond donors (Lipinski definition) is 0. The van der Waals surface area contributed by atoms with Crippen LogP contribution in [0.4, 0.5) is 0 Å². The second kappa shape index (κ2) is 18.6. The van der Waals surface area contributed by atoms with Crippen LogP contribution in [0.3, 0.4) is 0 Å². The fourth-order valence-electron chi connectivity index (χ4n) is 0.379. The molecule has 0 unspecified atom stereocenters. The summed E-state index contributed by atoms with van der Waals surface area (Å²) in [6.07, 6.45) is 0. The van der Waals surface area contributed by atoms with Crippen molar-refractivity contribution >= 4 is 34.4 Å². The van der Waals surface area contributed by atoms with Gasteiger partial charge in [0.1, 0.15) is 11.6 Å². The third kappa shape index (κ3) is 15.7. The van der Waals surface area contributed by atoms with Gasteiger partial charge in [-0.1, -0.05) is 22.6 Å². The van der Waals surface area contributed by atoms with Crippen LogP contribution in [0.15, 0.2) is 0 Å². The van der Waals surface area contributed by atoms with Crippen LogP contribution >= 0.6 is 22.6 Å². The molecule has 0 aromatic carbocycles. The number of alkyl halides is 2. The summed E-state index contributed by atoms with van der Waals surface area (Å²) in [5, 5.41) is 2.30. The topological polar surface area (TPSA) is 59.1 Å². The molecule has 104 valence electrons. The number of hydrogen-bond acceptors (Lipinski definition) is 4. The normalized spacial score (nSPS) is 7.89. The van der Waals surface area contributed by atoms with Gasteiger partial charge in [0.2, 0.25) is 5.88 Å². The summed E-state index contributed by atoms with van der Waals surface area (Å²) < 4.78 is 0.460. The van der Waals surface area contributed by atoms with Gasteiger partial charge in [-0.15, -0.1) is 0 Å². The summed E-state index contributed by atoms with van der Waals surface area (Å²) in [5.74, 6) is -0.139. The van der Waals surface area contributed by atoms with E-state index < -0.39 is 0 Å². The second-order valence-corrected chi connectivity index (χ2v) is 3.48. The number of nitrogens with zero attached hydrogens (tertiary/aromatic N) is 2. The van der Waals surface area contributed by atoms with Gasteiger partial charge in [-0.25, -0.2) is 10.1 Å². The van der Waals surface area contributed by atoms with E-state index >= 15 is 0 Å². The van der Waals surface area contributed by atoms with Crippen LogP contribution in [-0.2, 0) is 19.3 Å². The summed E-state index contributed by atoms with van der Waals surface area (Å²) in [5.41, 5.74) is 0. The first kappa shape index (κ1) is 27.9. The molecule has 0 aliphatic rings. The molecule has 6 nitrogen and oxygen atoms in total. The molecular weight excluding hydrogens is 500 g/mol. The van der Waals surface area contributed by atoms with Gasteiger partial charge >= 0.3 is 35.5 Å². The van der Waals surface area contributed by atoms with Gasteiger partial charge in [0.05, 0.1) is 18.6 Å². The summed E-state index contributed by atoms with van der Waals surface area (Å²) in [4.78, 5) is 30.1. The molecule has 0 aromatic heterocycles. The fourth-order valence-corrected chi connectivity index (χ4v) is 1.04. The number of carbonyl (C=O) groups is 2.